The largest absolute Gasteiger partial charge is 0.481 e. The second kappa shape index (κ2) is 6.68. The Morgan fingerprint density at radius 2 is 1.82 bits per heavy atom. The average Bonchev–Trinajstić information content (AvgIpc) is 3.43. The first-order chi connectivity index (χ1) is 13.6. The second-order valence-electron chi connectivity index (χ2n) is 7.27. The molecule has 0 saturated carbocycles. The predicted molar refractivity (Wildman–Crippen MR) is 106 cm³/mol. The first kappa shape index (κ1) is 17.3. The van der Waals surface area contributed by atoms with E-state index >= 15 is 0 Å². The second-order valence-corrected chi connectivity index (χ2v) is 8.13. The lowest BCUT2D eigenvalue weighted by atomic mass is 9.79. The van der Waals surface area contributed by atoms with E-state index in [1.807, 2.05) is 29.6 Å². The predicted octanol–water partition coefficient (Wildman–Crippen LogP) is 3.78. The number of thiazole rings is 1. The van der Waals surface area contributed by atoms with Gasteiger partial charge in [0.05, 0.1) is 29.7 Å². The highest BCUT2D eigenvalue weighted by Gasteiger charge is 2.55. The zero-order valence-electron chi connectivity index (χ0n) is 14.9. The molecular formula is C21H18N2O4S. The number of nitrogens with one attached hydrogen (secondary N) is 1. The summed E-state index contributed by atoms with van der Waals surface area (Å²) in [6.45, 7) is 0. The van der Waals surface area contributed by atoms with Gasteiger partial charge >= 0.3 is 5.97 Å². The van der Waals surface area contributed by atoms with Crippen molar-refractivity contribution in [2.75, 3.05) is 5.32 Å². The lowest BCUT2D eigenvalue weighted by Gasteiger charge is -2.23. The van der Waals surface area contributed by atoms with Gasteiger partial charge in [0.1, 0.15) is 0 Å². The molecule has 0 unspecified atom stereocenters. The Hall–Kier alpha value is -2.77. The number of carbonyl (C=O) groups is 2. The van der Waals surface area contributed by atoms with Crippen LogP contribution in [0.4, 0.5) is 5.13 Å². The summed E-state index contributed by atoms with van der Waals surface area (Å²) in [5, 5.41) is 16.9. The molecule has 2 fully saturated rings. The first-order valence-corrected chi connectivity index (χ1v) is 10.1. The molecule has 3 heterocycles. The maximum absolute atomic E-state index is 12.8. The van der Waals surface area contributed by atoms with Gasteiger partial charge < -0.3 is 15.2 Å². The Labute approximate surface area is 165 Å². The van der Waals surface area contributed by atoms with Gasteiger partial charge in [0.15, 0.2) is 5.13 Å². The molecule has 5 rings (SSSR count). The summed E-state index contributed by atoms with van der Waals surface area (Å²) in [6, 6.07) is 14.2. The molecule has 2 aliphatic rings. The molecule has 4 atom stereocenters. The summed E-state index contributed by atoms with van der Waals surface area (Å²) in [5.74, 6) is -2.73. The smallest absolute Gasteiger partial charge is 0.310 e. The Bertz CT molecular complexity index is 1080. The van der Waals surface area contributed by atoms with Crippen LogP contribution in [0.15, 0.2) is 47.8 Å². The number of aromatic nitrogens is 1. The molecule has 28 heavy (non-hydrogen) atoms. The molecule has 6 nitrogen and oxygen atoms in total. The molecule has 0 spiro atoms. The van der Waals surface area contributed by atoms with Crippen molar-refractivity contribution in [3.8, 4) is 11.3 Å². The third-order valence-corrected chi connectivity index (χ3v) is 6.40. The minimum atomic E-state index is -0.969. The van der Waals surface area contributed by atoms with Crippen molar-refractivity contribution in [1.29, 1.82) is 0 Å². The number of nitrogens with zero attached hydrogens (tertiary/aromatic N) is 1. The number of carboxylic acid groups (broad SMARTS) is 1. The van der Waals surface area contributed by atoms with Crippen LogP contribution in [0.5, 0.6) is 0 Å². The van der Waals surface area contributed by atoms with Gasteiger partial charge in [-0.15, -0.1) is 11.3 Å². The number of ether oxygens (including phenoxy) is 1. The van der Waals surface area contributed by atoms with Gasteiger partial charge in [-0.1, -0.05) is 36.4 Å². The fourth-order valence-corrected chi connectivity index (χ4v) is 5.05. The van der Waals surface area contributed by atoms with Crippen LogP contribution < -0.4 is 5.32 Å². The van der Waals surface area contributed by atoms with Crippen molar-refractivity contribution in [2.24, 2.45) is 11.8 Å². The summed E-state index contributed by atoms with van der Waals surface area (Å²) in [7, 11) is 0. The number of fused-ring (bicyclic) bond motifs is 3. The van der Waals surface area contributed by atoms with E-state index in [0.29, 0.717) is 11.6 Å². The van der Waals surface area contributed by atoms with E-state index in [0.717, 1.165) is 28.5 Å². The van der Waals surface area contributed by atoms with E-state index in [1.54, 1.807) is 0 Å². The highest BCUT2D eigenvalue weighted by atomic mass is 32.1. The Morgan fingerprint density at radius 3 is 2.61 bits per heavy atom. The van der Waals surface area contributed by atoms with Gasteiger partial charge in [-0.2, -0.15) is 0 Å². The van der Waals surface area contributed by atoms with E-state index in [9.17, 15) is 14.7 Å². The minimum absolute atomic E-state index is 0.314. The van der Waals surface area contributed by atoms with Crippen molar-refractivity contribution in [1.82, 2.24) is 4.98 Å². The quantitative estimate of drug-likeness (QED) is 0.703. The summed E-state index contributed by atoms with van der Waals surface area (Å²) < 4.78 is 5.67. The van der Waals surface area contributed by atoms with Crippen LogP contribution in [0.3, 0.4) is 0 Å². The molecule has 1 amide bonds. The van der Waals surface area contributed by atoms with Crippen molar-refractivity contribution in [2.45, 2.75) is 25.0 Å². The first-order valence-electron chi connectivity index (χ1n) is 9.24. The topological polar surface area (TPSA) is 88.5 Å². The molecular weight excluding hydrogens is 376 g/mol. The van der Waals surface area contributed by atoms with Gasteiger partial charge in [0, 0.05) is 10.9 Å². The molecule has 2 saturated heterocycles. The molecule has 2 aromatic carbocycles. The lowest BCUT2D eigenvalue weighted by molar-refractivity contribution is -0.147. The maximum atomic E-state index is 12.8. The van der Waals surface area contributed by atoms with Gasteiger partial charge in [0.25, 0.3) is 0 Å². The zero-order valence-corrected chi connectivity index (χ0v) is 15.7. The molecule has 2 N–H and O–H groups in total. The summed E-state index contributed by atoms with van der Waals surface area (Å²) in [6.07, 6.45) is 0.760. The number of carbonyl (C=O) groups excluding carboxylic acids is 1. The van der Waals surface area contributed by atoms with Crippen LogP contribution >= 0.6 is 11.3 Å². The number of anilines is 1. The van der Waals surface area contributed by atoms with Crippen molar-refractivity contribution < 1.29 is 19.4 Å². The summed E-state index contributed by atoms with van der Waals surface area (Å²) in [4.78, 5) is 28.9. The molecule has 2 aliphatic heterocycles. The van der Waals surface area contributed by atoms with Gasteiger partial charge in [-0.3, -0.25) is 9.59 Å². The van der Waals surface area contributed by atoms with E-state index < -0.39 is 17.8 Å². The summed E-state index contributed by atoms with van der Waals surface area (Å²) in [5.41, 5.74) is 1.76. The van der Waals surface area contributed by atoms with Crippen LogP contribution in [0.2, 0.25) is 0 Å². The maximum Gasteiger partial charge on any atom is 0.310 e. The molecule has 3 aromatic rings. The average molecular weight is 394 g/mol. The third-order valence-electron chi connectivity index (χ3n) is 5.64. The van der Waals surface area contributed by atoms with Gasteiger partial charge in [-0.25, -0.2) is 4.98 Å². The summed E-state index contributed by atoms with van der Waals surface area (Å²) >= 11 is 1.34. The highest BCUT2D eigenvalue weighted by Crippen LogP contribution is 2.44. The molecule has 142 valence electrons. The number of aliphatic carboxylic acids is 1. The van der Waals surface area contributed by atoms with Crippen LogP contribution in [-0.2, 0) is 14.3 Å². The fraction of sp³-hybridized carbons (Fsp3) is 0.286. The Morgan fingerprint density at radius 1 is 1.07 bits per heavy atom. The van der Waals surface area contributed by atoms with Crippen molar-refractivity contribution in [3.63, 3.8) is 0 Å². The number of rotatable bonds is 4. The SMILES string of the molecule is O=C(O)[C@@H]1[C@H](C(=O)Nc2nc(-c3ccc4ccccc4c3)cs2)[C@H]2CC[C@H]1O2. The van der Waals surface area contributed by atoms with E-state index in [4.69, 9.17) is 4.74 Å². The zero-order chi connectivity index (χ0) is 19.3. The number of hydrogen-bond acceptors (Lipinski definition) is 5. The van der Waals surface area contributed by atoms with Crippen molar-refractivity contribution in [3.05, 3.63) is 47.8 Å². The minimum Gasteiger partial charge on any atom is -0.481 e. The monoisotopic (exact) mass is 394 g/mol. The third kappa shape index (κ3) is 2.87. The molecule has 1 aromatic heterocycles. The van der Waals surface area contributed by atoms with Crippen LogP contribution in [0.1, 0.15) is 12.8 Å². The fourth-order valence-electron chi connectivity index (χ4n) is 4.33. The normalized spacial score (nSPS) is 25.9. The number of amides is 1. The molecule has 0 radical (unpaired) electrons. The Kier molecular flexibility index (Phi) is 4.14. The van der Waals surface area contributed by atoms with E-state index in [-0.39, 0.29) is 18.1 Å². The standard InChI is InChI=1S/C21H18N2O4S/c24-19(17-15-7-8-16(27-15)18(17)20(25)26)23-21-22-14(10-28-21)13-6-5-11-3-1-2-4-12(11)9-13/h1-6,9-10,15-18H,7-8H2,(H,25,26)(H,22,23,24)/t15-,16-,17-,18+/m1/s1. The van der Waals surface area contributed by atoms with Gasteiger partial charge in [0.2, 0.25) is 5.91 Å². The Balaban J connectivity index is 1.36. The number of carboxylic acids is 1. The highest BCUT2D eigenvalue weighted by molar-refractivity contribution is 7.14. The van der Waals surface area contributed by atoms with E-state index in [1.165, 1.54) is 11.3 Å². The number of hydrogen-bond donors (Lipinski definition) is 2. The lowest BCUT2D eigenvalue weighted by Crippen LogP contribution is -2.40. The van der Waals surface area contributed by atoms with Crippen LogP contribution in [-0.4, -0.2) is 34.2 Å². The van der Waals surface area contributed by atoms with Crippen molar-refractivity contribution >= 4 is 39.1 Å². The number of benzene rings is 2. The molecule has 7 heteroatoms. The van der Waals surface area contributed by atoms with Gasteiger partial charge in [-0.05, 0) is 29.7 Å². The van der Waals surface area contributed by atoms with Crippen LogP contribution in [0, 0.1) is 11.8 Å². The van der Waals surface area contributed by atoms with Crippen LogP contribution in [0.25, 0.3) is 22.0 Å². The molecule has 2 bridgehead atoms. The molecule has 0 aliphatic carbocycles. The van der Waals surface area contributed by atoms with E-state index in [2.05, 4.69) is 28.5 Å².